The van der Waals surface area contributed by atoms with E-state index in [-0.39, 0.29) is 0 Å². The normalized spacial score (nSPS) is 16.7. The van der Waals surface area contributed by atoms with E-state index < -0.39 is 9.84 Å². The number of benzene rings is 1. The van der Waals surface area contributed by atoms with Crippen molar-refractivity contribution < 1.29 is 8.42 Å². The van der Waals surface area contributed by atoms with Gasteiger partial charge in [-0.2, -0.15) is 0 Å². The maximum atomic E-state index is 12.0. The third-order valence-corrected chi connectivity index (χ3v) is 4.99. The van der Waals surface area contributed by atoms with Crippen LogP contribution in [0.3, 0.4) is 0 Å². The van der Waals surface area contributed by atoms with Crippen LogP contribution in [0.2, 0.25) is 0 Å². The first kappa shape index (κ1) is 12.3. The maximum absolute atomic E-state index is 12.0. The number of sulfone groups is 1. The Balaban J connectivity index is 2.37. The molecule has 0 unspecified atom stereocenters. The molecule has 0 radical (unpaired) electrons. The van der Waals surface area contributed by atoms with Crippen molar-refractivity contribution in [1.29, 1.82) is 0 Å². The second-order valence-electron chi connectivity index (χ2n) is 4.29. The molecule has 0 saturated carbocycles. The molecule has 17 heavy (non-hydrogen) atoms. The van der Waals surface area contributed by atoms with E-state index in [9.17, 15) is 8.42 Å². The summed E-state index contributed by atoms with van der Waals surface area (Å²) in [6.07, 6.45) is 3.71. The van der Waals surface area contributed by atoms with Crippen LogP contribution in [-0.4, -0.2) is 22.0 Å². The molecule has 0 bridgehead atoms. The Labute approximate surface area is 102 Å². The molecular formula is C13H17NO2S. The molecule has 1 N–H and O–H groups in total. The van der Waals surface area contributed by atoms with Gasteiger partial charge in [-0.3, -0.25) is 0 Å². The van der Waals surface area contributed by atoms with Gasteiger partial charge in [-0.1, -0.05) is 12.1 Å². The van der Waals surface area contributed by atoms with Crippen LogP contribution in [-0.2, 0) is 16.3 Å². The number of hydrogen-bond donors (Lipinski definition) is 1. The number of hydrogen-bond acceptors (Lipinski definition) is 3. The van der Waals surface area contributed by atoms with E-state index in [1.54, 1.807) is 19.1 Å². The molecule has 1 aromatic rings. The van der Waals surface area contributed by atoms with E-state index in [0.29, 0.717) is 9.80 Å². The number of aryl methyl sites for hydroxylation is 1. The molecule has 0 saturated heterocycles. The Morgan fingerprint density at radius 3 is 2.76 bits per heavy atom. The Morgan fingerprint density at radius 1 is 1.29 bits per heavy atom. The summed E-state index contributed by atoms with van der Waals surface area (Å²) < 4.78 is 24.0. The van der Waals surface area contributed by atoms with Crippen molar-refractivity contribution in [2.45, 2.75) is 24.7 Å². The molecule has 1 aliphatic heterocycles. The predicted molar refractivity (Wildman–Crippen MR) is 69.5 cm³/mol. The number of fused-ring (bicyclic) bond motifs is 1. The molecule has 1 heterocycles. The summed E-state index contributed by atoms with van der Waals surface area (Å²) in [5.41, 5.74) is 2.01. The van der Waals surface area contributed by atoms with Gasteiger partial charge in [0, 0.05) is 4.91 Å². The predicted octanol–water partition coefficient (Wildman–Crippen LogP) is 1.99. The largest absolute Gasteiger partial charge is 0.320 e. The number of rotatable bonds is 4. The molecule has 0 atom stereocenters. The highest BCUT2D eigenvalue weighted by Crippen LogP contribution is 2.34. The summed E-state index contributed by atoms with van der Waals surface area (Å²) in [5, 5.41) is 3.10. The van der Waals surface area contributed by atoms with Gasteiger partial charge in [0.1, 0.15) is 0 Å². The van der Waals surface area contributed by atoms with Crippen LogP contribution in [0.15, 0.2) is 28.0 Å². The fourth-order valence-electron chi connectivity index (χ4n) is 2.12. The molecule has 0 amide bonds. The van der Waals surface area contributed by atoms with Gasteiger partial charge in [0.15, 0.2) is 0 Å². The average molecular weight is 251 g/mol. The van der Waals surface area contributed by atoms with E-state index in [1.165, 1.54) is 0 Å². The van der Waals surface area contributed by atoms with Crippen molar-refractivity contribution in [3.05, 3.63) is 34.2 Å². The first-order chi connectivity index (χ1) is 8.07. The third-order valence-electron chi connectivity index (χ3n) is 3.09. The summed E-state index contributed by atoms with van der Waals surface area (Å²) in [7, 11) is -1.27. The lowest BCUT2D eigenvalue weighted by atomic mass is 10.0. The number of nitrogens with one attached hydrogen (secondary N) is 1. The van der Waals surface area contributed by atoms with Crippen molar-refractivity contribution in [2.75, 3.05) is 13.6 Å². The summed E-state index contributed by atoms with van der Waals surface area (Å²) in [6.45, 7) is 2.60. The van der Waals surface area contributed by atoms with Gasteiger partial charge in [0.25, 0.3) is 0 Å². The molecule has 3 nitrogen and oxygen atoms in total. The summed E-state index contributed by atoms with van der Waals surface area (Å²) in [4.78, 5) is 0.922. The van der Waals surface area contributed by atoms with Crippen LogP contribution >= 0.6 is 0 Å². The van der Waals surface area contributed by atoms with E-state index in [0.717, 1.165) is 30.5 Å². The lowest BCUT2D eigenvalue weighted by Crippen LogP contribution is -2.09. The number of allylic oxidation sites excluding steroid dienone is 1. The minimum absolute atomic E-state index is 0.452. The molecule has 0 aliphatic carbocycles. The first-order valence-corrected chi connectivity index (χ1v) is 7.25. The van der Waals surface area contributed by atoms with Gasteiger partial charge in [-0.15, -0.1) is 0 Å². The van der Waals surface area contributed by atoms with Crippen LogP contribution < -0.4 is 5.32 Å². The van der Waals surface area contributed by atoms with Crippen LogP contribution in [0.4, 0.5) is 0 Å². The zero-order chi connectivity index (χ0) is 12.5. The molecule has 2 rings (SSSR count). The van der Waals surface area contributed by atoms with Crippen molar-refractivity contribution in [1.82, 2.24) is 5.32 Å². The fraction of sp³-hybridized carbons (Fsp3) is 0.385. The Hall–Kier alpha value is -1.13. The van der Waals surface area contributed by atoms with Gasteiger partial charge in [0.2, 0.25) is 9.84 Å². The standard InChI is InChI=1S/C13H17NO2S/c1-10-9-12-11(6-4-8-14-2)5-3-7-13(12)17(10,15)16/h3,5,7,9,14H,4,6,8H2,1-2H3. The van der Waals surface area contributed by atoms with Gasteiger partial charge < -0.3 is 5.32 Å². The maximum Gasteiger partial charge on any atom is 0.203 e. The van der Waals surface area contributed by atoms with Crippen molar-refractivity contribution in [3.63, 3.8) is 0 Å². The minimum atomic E-state index is -3.19. The van der Waals surface area contributed by atoms with Crippen molar-refractivity contribution >= 4 is 15.9 Å². The lowest BCUT2D eigenvalue weighted by Gasteiger charge is -2.06. The van der Waals surface area contributed by atoms with Gasteiger partial charge in [0.05, 0.1) is 4.90 Å². The van der Waals surface area contributed by atoms with Crippen LogP contribution in [0.5, 0.6) is 0 Å². The monoisotopic (exact) mass is 251 g/mol. The average Bonchev–Trinajstić information content (AvgIpc) is 2.52. The zero-order valence-corrected chi connectivity index (χ0v) is 11.0. The SMILES string of the molecule is CNCCCc1cccc2c1C=C(C)S2(=O)=O. The van der Waals surface area contributed by atoms with Crippen LogP contribution in [0.25, 0.3) is 6.08 Å². The molecule has 1 aromatic carbocycles. The topological polar surface area (TPSA) is 46.2 Å². The summed E-state index contributed by atoms with van der Waals surface area (Å²) in [6, 6.07) is 5.54. The zero-order valence-electron chi connectivity index (χ0n) is 10.2. The summed E-state index contributed by atoms with van der Waals surface area (Å²) >= 11 is 0. The van der Waals surface area contributed by atoms with Crippen molar-refractivity contribution in [2.24, 2.45) is 0 Å². The Kier molecular flexibility index (Phi) is 3.35. The van der Waals surface area contributed by atoms with E-state index >= 15 is 0 Å². The van der Waals surface area contributed by atoms with Gasteiger partial charge >= 0.3 is 0 Å². The minimum Gasteiger partial charge on any atom is -0.320 e. The molecule has 92 valence electrons. The van der Waals surface area contributed by atoms with E-state index in [2.05, 4.69) is 5.32 Å². The fourth-order valence-corrected chi connectivity index (χ4v) is 3.47. The molecule has 4 heteroatoms. The molecule has 0 aromatic heterocycles. The summed E-state index contributed by atoms with van der Waals surface area (Å²) in [5.74, 6) is 0. The Bertz CT molecular complexity index is 559. The molecule has 1 aliphatic rings. The van der Waals surface area contributed by atoms with Crippen LogP contribution in [0, 0.1) is 0 Å². The Morgan fingerprint density at radius 2 is 2.06 bits per heavy atom. The highest BCUT2D eigenvalue weighted by atomic mass is 32.2. The lowest BCUT2D eigenvalue weighted by molar-refractivity contribution is 0.603. The second kappa shape index (κ2) is 4.63. The highest BCUT2D eigenvalue weighted by Gasteiger charge is 2.27. The third kappa shape index (κ3) is 2.15. The molecule has 0 fully saturated rings. The quantitative estimate of drug-likeness (QED) is 0.832. The molecular weight excluding hydrogens is 234 g/mol. The van der Waals surface area contributed by atoms with Gasteiger partial charge in [-0.25, -0.2) is 8.42 Å². The van der Waals surface area contributed by atoms with Crippen LogP contribution in [0.1, 0.15) is 24.5 Å². The van der Waals surface area contributed by atoms with Crippen molar-refractivity contribution in [3.8, 4) is 0 Å². The van der Waals surface area contributed by atoms with Gasteiger partial charge in [-0.05, 0) is 56.6 Å². The second-order valence-corrected chi connectivity index (χ2v) is 6.39. The first-order valence-electron chi connectivity index (χ1n) is 5.77. The van der Waals surface area contributed by atoms with E-state index in [4.69, 9.17) is 0 Å². The smallest absolute Gasteiger partial charge is 0.203 e. The molecule has 0 spiro atoms. The highest BCUT2D eigenvalue weighted by molar-refractivity contribution is 7.95. The van der Waals surface area contributed by atoms with E-state index in [1.807, 2.05) is 19.2 Å².